The van der Waals surface area contributed by atoms with Crippen LogP contribution in [0.3, 0.4) is 0 Å². The molecule has 1 saturated heterocycles. The number of rotatable bonds is 7. The van der Waals surface area contributed by atoms with E-state index in [1.54, 1.807) is 38.5 Å². The van der Waals surface area contributed by atoms with Crippen LogP contribution < -0.4 is 14.2 Å². The predicted molar refractivity (Wildman–Crippen MR) is 118 cm³/mol. The normalized spacial score (nSPS) is 18.1. The van der Waals surface area contributed by atoms with Crippen molar-refractivity contribution in [3.63, 3.8) is 0 Å². The van der Waals surface area contributed by atoms with Crippen molar-refractivity contribution < 1.29 is 28.6 Å². The Kier molecular flexibility index (Phi) is 6.89. The molecule has 0 saturated carbocycles. The molecule has 1 amide bonds. The van der Waals surface area contributed by atoms with Crippen LogP contribution in [-0.4, -0.2) is 44.4 Å². The topological polar surface area (TPSA) is 66.5 Å². The lowest BCUT2D eigenvalue weighted by Crippen LogP contribution is -2.47. The molecule has 1 fully saturated rings. The smallest absolute Gasteiger partial charge is 0.277 e. The number of carbonyl (C=O) groups is 1. The highest BCUT2D eigenvalue weighted by Gasteiger charge is 2.34. The molecule has 3 aromatic rings. The number of hydroxylamine groups is 2. The summed E-state index contributed by atoms with van der Waals surface area (Å²) in [6.07, 6.45) is -1.23. The second kappa shape index (κ2) is 10.2. The van der Waals surface area contributed by atoms with E-state index < -0.39 is 12.4 Å². The number of ether oxygens (including phenoxy) is 4. The van der Waals surface area contributed by atoms with Crippen LogP contribution in [0.5, 0.6) is 17.2 Å². The maximum atomic E-state index is 13.1. The van der Waals surface area contributed by atoms with E-state index in [1.165, 1.54) is 5.06 Å². The lowest BCUT2D eigenvalue weighted by Gasteiger charge is -2.37. The van der Waals surface area contributed by atoms with Gasteiger partial charge < -0.3 is 18.9 Å². The second-order valence-electron chi connectivity index (χ2n) is 7.17. The van der Waals surface area contributed by atoms with Crippen molar-refractivity contribution in [3.05, 3.63) is 90.0 Å². The number of nitrogens with zero attached hydrogens (tertiary/aromatic N) is 1. The lowest BCUT2D eigenvalue weighted by atomic mass is 10.1. The van der Waals surface area contributed by atoms with Gasteiger partial charge in [-0.05, 0) is 42.5 Å². The van der Waals surface area contributed by atoms with Crippen LogP contribution in [0.2, 0.25) is 0 Å². The van der Waals surface area contributed by atoms with Gasteiger partial charge in [0.2, 0.25) is 6.29 Å². The maximum absolute atomic E-state index is 13.1. The summed E-state index contributed by atoms with van der Waals surface area (Å²) in [5.74, 6) is 1.62. The van der Waals surface area contributed by atoms with Crippen molar-refractivity contribution in [2.75, 3.05) is 27.4 Å². The Hall–Kier alpha value is -3.55. The third-order valence-corrected chi connectivity index (χ3v) is 5.01. The third-order valence-electron chi connectivity index (χ3n) is 5.01. The summed E-state index contributed by atoms with van der Waals surface area (Å²) in [4.78, 5) is 19.0. The van der Waals surface area contributed by atoms with Crippen LogP contribution in [0, 0.1) is 0 Å². The molecule has 0 unspecified atom stereocenters. The van der Waals surface area contributed by atoms with Crippen LogP contribution in [0.25, 0.3) is 0 Å². The first-order chi connectivity index (χ1) is 15.7. The van der Waals surface area contributed by atoms with Crippen LogP contribution in [0.15, 0.2) is 78.9 Å². The standard InChI is InChI=1S/C25H25NO6/c1-28-22-14-13-19(15-23(22)29-2)25-31-21(17-30-20-11-7-4-8-12-20)16-26(32-25)24(27)18-9-5-3-6-10-18/h3-15,21,25H,16-17H2,1-2H3/t21-,25-/m0/s1. The summed E-state index contributed by atoms with van der Waals surface area (Å²) in [7, 11) is 3.13. The van der Waals surface area contributed by atoms with Gasteiger partial charge in [-0.15, -0.1) is 0 Å². The van der Waals surface area contributed by atoms with Crippen molar-refractivity contribution >= 4 is 5.91 Å². The number of benzene rings is 3. The Bertz CT molecular complexity index is 1030. The number of carbonyl (C=O) groups excluding carboxylic acids is 1. The zero-order valence-corrected chi connectivity index (χ0v) is 18.0. The van der Waals surface area contributed by atoms with Gasteiger partial charge in [0, 0.05) is 11.1 Å². The van der Waals surface area contributed by atoms with Gasteiger partial charge in [0.1, 0.15) is 18.5 Å². The zero-order valence-electron chi connectivity index (χ0n) is 18.0. The molecule has 166 valence electrons. The molecule has 1 heterocycles. The molecule has 0 spiro atoms. The quantitative estimate of drug-likeness (QED) is 0.553. The van der Waals surface area contributed by atoms with Crippen LogP contribution in [-0.2, 0) is 9.57 Å². The lowest BCUT2D eigenvalue weighted by molar-refractivity contribution is -0.325. The summed E-state index contributed by atoms with van der Waals surface area (Å²) >= 11 is 0. The van der Waals surface area contributed by atoms with E-state index in [-0.39, 0.29) is 19.1 Å². The zero-order chi connectivity index (χ0) is 22.3. The fourth-order valence-electron chi connectivity index (χ4n) is 3.38. The van der Waals surface area contributed by atoms with Crippen LogP contribution in [0.4, 0.5) is 0 Å². The van der Waals surface area contributed by atoms with Gasteiger partial charge in [0.25, 0.3) is 5.91 Å². The van der Waals surface area contributed by atoms with Crippen molar-refractivity contribution in [2.24, 2.45) is 0 Å². The van der Waals surface area contributed by atoms with E-state index in [9.17, 15) is 4.79 Å². The molecular weight excluding hydrogens is 410 g/mol. The fourth-order valence-corrected chi connectivity index (χ4v) is 3.38. The summed E-state index contributed by atoms with van der Waals surface area (Å²) < 4.78 is 22.7. The number of hydrogen-bond donors (Lipinski definition) is 0. The highest BCUT2D eigenvalue weighted by Crippen LogP contribution is 2.34. The summed E-state index contributed by atoms with van der Waals surface area (Å²) in [6, 6.07) is 23.8. The van der Waals surface area contributed by atoms with E-state index >= 15 is 0 Å². The van der Waals surface area contributed by atoms with Gasteiger partial charge in [-0.2, -0.15) is 0 Å². The summed E-state index contributed by atoms with van der Waals surface area (Å²) in [5.41, 5.74) is 1.22. The predicted octanol–water partition coefficient (Wildman–Crippen LogP) is 4.25. The molecule has 7 heteroatoms. The molecule has 0 aromatic heterocycles. The van der Waals surface area contributed by atoms with E-state index in [0.29, 0.717) is 22.6 Å². The average molecular weight is 435 g/mol. The molecule has 3 aromatic carbocycles. The minimum Gasteiger partial charge on any atom is -0.493 e. The van der Waals surface area contributed by atoms with E-state index in [4.69, 9.17) is 23.8 Å². The molecular formula is C25H25NO6. The number of hydrogen-bond acceptors (Lipinski definition) is 6. The Morgan fingerprint density at radius 3 is 2.31 bits per heavy atom. The Balaban J connectivity index is 1.57. The molecule has 7 nitrogen and oxygen atoms in total. The number of amides is 1. The highest BCUT2D eigenvalue weighted by molar-refractivity contribution is 5.93. The Morgan fingerprint density at radius 1 is 0.938 bits per heavy atom. The van der Waals surface area contributed by atoms with Gasteiger partial charge in [-0.3, -0.25) is 4.79 Å². The third kappa shape index (κ3) is 5.01. The monoisotopic (exact) mass is 435 g/mol. The Labute approximate surface area is 187 Å². The molecule has 0 radical (unpaired) electrons. The molecule has 4 rings (SSSR count). The first kappa shape index (κ1) is 21.7. The Morgan fingerprint density at radius 2 is 1.62 bits per heavy atom. The largest absolute Gasteiger partial charge is 0.493 e. The van der Waals surface area contributed by atoms with Gasteiger partial charge in [0.15, 0.2) is 11.5 Å². The first-order valence-corrected chi connectivity index (χ1v) is 10.3. The van der Waals surface area contributed by atoms with Crippen molar-refractivity contribution in [2.45, 2.75) is 12.4 Å². The van der Waals surface area contributed by atoms with Crippen molar-refractivity contribution in [3.8, 4) is 17.2 Å². The molecule has 0 aliphatic carbocycles. The minimum absolute atomic E-state index is 0.227. The molecule has 0 N–H and O–H groups in total. The minimum atomic E-state index is -0.819. The van der Waals surface area contributed by atoms with Gasteiger partial charge in [-0.25, -0.2) is 9.90 Å². The summed E-state index contributed by atoms with van der Waals surface area (Å²) in [6.45, 7) is 0.486. The van der Waals surface area contributed by atoms with Gasteiger partial charge >= 0.3 is 0 Å². The van der Waals surface area contributed by atoms with E-state index in [1.807, 2.05) is 54.6 Å². The summed E-state index contributed by atoms with van der Waals surface area (Å²) in [5, 5.41) is 1.33. The molecule has 1 aliphatic heterocycles. The fraction of sp³-hybridized carbons (Fsp3) is 0.240. The molecule has 0 bridgehead atoms. The number of methoxy groups -OCH3 is 2. The highest BCUT2D eigenvalue weighted by atomic mass is 16.8. The van der Waals surface area contributed by atoms with Crippen LogP contribution >= 0.6 is 0 Å². The molecule has 1 aliphatic rings. The molecule has 32 heavy (non-hydrogen) atoms. The maximum Gasteiger partial charge on any atom is 0.277 e. The van der Waals surface area contributed by atoms with Crippen molar-refractivity contribution in [1.82, 2.24) is 5.06 Å². The average Bonchev–Trinajstić information content (AvgIpc) is 2.87. The SMILES string of the molecule is COc1ccc([C@H]2O[C@H](COc3ccccc3)CN(C(=O)c3ccccc3)O2)cc1OC. The van der Waals surface area contributed by atoms with Gasteiger partial charge in [0.05, 0.1) is 20.8 Å². The molecule has 2 atom stereocenters. The van der Waals surface area contributed by atoms with Crippen molar-refractivity contribution in [1.29, 1.82) is 0 Å². The van der Waals surface area contributed by atoms with E-state index in [2.05, 4.69) is 0 Å². The van der Waals surface area contributed by atoms with Crippen LogP contribution in [0.1, 0.15) is 22.2 Å². The number of para-hydroxylation sites is 1. The van der Waals surface area contributed by atoms with E-state index in [0.717, 1.165) is 5.75 Å². The van der Waals surface area contributed by atoms with Gasteiger partial charge in [-0.1, -0.05) is 36.4 Å². The second-order valence-corrected chi connectivity index (χ2v) is 7.17. The first-order valence-electron chi connectivity index (χ1n) is 10.3.